The van der Waals surface area contributed by atoms with E-state index in [1.807, 2.05) is 31.2 Å². The summed E-state index contributed by atoms with van der Waals surface area (Å²) >= 11 is 6.35. The molecule has 3 aliphatic heterocycles. The third-order valence-corrected chi connectivity index (χ3v) is 12.3. The Morgan fingerprint density at radius 1 is 1.06 bits per heavy atom. The molecule has 10 nitrogen and oxygen atoms in total. The van der Waals surface area contributed by atoms with E-state index in [9.17, 15) is 18.0 Å². The number of aryl methyl sites for hydroxylation is 1. The first-order chi connectivity index (χ1) is 23.6. The summed E-state index contributed by atoms with van der Waals surface area (Å²) in [5.41, 5.74) is 2.88. The van der Waals surface area contributed by atoms with Gasteiger partial charge in [0, 0.05) is 44.7 Å². The van der Waals surface area contributed by atoms with Crippen LogP contribution in [-0.4, -0.2) is 77.7 Å². The zero-order valence-electron chi connectivity index (χ0n) is 28.4. The lowest BCUT2D eigenvalue weighted by Crippen LogP contribution is -2.45. The van der Waals surface area contributed by atoms with Crippen LogP contribution in [0.3, 0.4) is 0 Å². The van der Waals surface area contributed by atoms with Crippen molar-refractivity contribution in [2.24, 2.45) is 23.7 Å². The number of nitrogens with one attached hydrogen (secondary N) is 1. The van der Waals surface area contributed by atoms with Crippen LogP contribution in [0.1, 0.15) is 56.6 Å². The minimum absolute atomic E-state index is 0.0203. The molecule has 0 spiro atoms. The average molecular weight is 714 g/mol. The highest BCUT2D eigenvalue weighted by molar-refractivity contribution is 7.90. The van der Waals surface area contributed by atoms with Gasteiger partial charge >= 0.3 is 0 Å². The number of allylic oxidation sites excluding steroid dienone is 1. The zero-order valence-corrected chi connectivity index (χ0v) is 30.0. The summed E-state index contributed by atoms with van der Waals surface area (Å²) in [4.78, 5) is 31.1. The average Bonchev–Trinajstić information content (AvgIpc) is 3.11. The number of sulfonamides is 1. The Morgan fingerprint density at radius 2 is 1.88 bits per heavy atom. The van der Waals surface area contributed by atoms with Crippen molar-refractivity contribution in [2.45, 2.75) is 69.5 Å². The van der Waals surface area contributed by atoms with Crippen LogP contribution >= 0.6 is 11.6 Å². The number of hydrogen-bond acceptors (Lipinski definition) is 8. The lowest BCUT2D eigenvalue weighted by atomic mass is 9.70. The molecular formula is C37H48ClN3O7S. The number of ether oxygens (including phenoxy) is 3. The van der Waals surface area contributed by atoms with E-state index < -0.39 is 21.8 Å². The Hall–Kier alpha value is -3.12. The molecule has 0 aromatic heterocycles. The van der Waals surface area contributed by atoms with E-state index in [2.05, 4.69) is 15.7 Å². The van der Waals surface area contributed by atoms with Gasteiger partial charge in [0.15, 0.2) is 0 Å². The van der Waals surface area contributed by atoms with E-state index in [-0.39, 0.29) is 29.2 Å². The Labute approximate surface area is 295 Å². The smallest absolute Gasteiger partial charge is 0.264 e. The van der Waals surface area contributed by atoms with Gasteiger partial charge in [-0.25, -0.2) is 13.1 Å². The first-order valence-corrected chi connectivity index (χ1v) is 19.4. The van der Waals surface area contributed by atoms with E-state index in [1.54, 1.807) is 24.1 Å². The fraction of sp³-hybridized carbons (Fsp3) is 0.568. The van der Waals surface area contributed by atoms with E-state index in [0.29, 0.717) is 74.2 Å². The van der Waals surface area contributed by atoms with Crippen molar-refractivity contribution in [3.05, 3.63) is 64.7 Å². The summed E-state index contributed by atoms with van der Waals surface area (Å²) in [6.07, 6.45) is 9.20. The largest absolute Gasteiger partial charge is 0.487 e. The molecule has 2 amide bonds. The van der Waals surface area contributed by atoms with Crippen LogP contribution in [0.2, 0.25) is 5.02 Å². The first kappa shape index (κ1) is 35.7. The van der Waals surface area contributed by atoms with Crippen LogP contribution in [-0.2, 0) is 42.1 Å². The van der Waals surface area contributed by atoms with E-state index in [1.165, 1.54) is 6.07 Å². The molecule has 49 heavy (non-hydrogen) atoms. The number of morpholine rings is 1. The van der Waals surface area contributed by atoms with E-state index >= 15 is 0 Å². The van der Waals surface area contributed by atoms with Crippen LogP contribution < -0.4 is 14.4 Å². The van der Waals surface area contributed by atoms with Crippen LogP contribution in [0.25, 0.3) is 0 Å². The van der Waals surface area contributed by atoms with Crippen molar-refractivity contribution < 1.29 is 32.2 Å². The van der Waals surface area contributed by atoms with Crippen molar-refractivity contribution in [3.63, 3.8) is 0 Å². The maximum absolute atomic E-state index is 13.9. The number of methoxy groups -OCH3 is 1. The minimum Gasteiger partial charge on any atom is -0.487 e. The zero-order chi connectivity index (χ0) is 34.5. The molecule has 4 aliphatic rings. The number of hydrogen-bond donors (Lipinski definition) is 1. The summed E-state index contributed by atoms with van der Waals surface area (Å²) in [6.45, 7) is 5.43. The van der Waals surface area contributed by atoms with Crippen molar-refractivity contribution in [3.8, 4) is 5.75 Å². The summed E-state index contributed by atoms with van der Waals surface area (Å²) in [5, 5.41) is 0.691. The summed E-state index contributed by atoms with van der Waals surface area (Å²) in [6, 6.07) is 10.7. The number of nitrogens with zero attached hydrogens (tertiary/aromatic N) is 2. The number of anilines is 1. The summed E-state index contributed by atoms with van der Waals surface area (Å²) in [7, 11) is -2.54. The monoisotopic (exact) mass is 713 g/mol. The molecule has 2 bridgehead atoms. The molecule has 2 aromatic carbocycles. The fourth-order valence-electron chi connectivity index (χ4n) is 7.56. The first-order valence-electron chi connectivity index (χ1n) is 17.5. The van der Waals surface area contributed by atoms with E-state index in [4.69, 9.17) is 25.8 Å². The van der Waals surface area contributed by atoms with Crippen molar-refractivity contribution >= 4 is 39.1 Å². The van der Waals surface area contributed by atoms with Crippen LogP contribution in [0.4, 0.5) is 5.69 Å². The lowest BCUT2D eigenvalue weighted by molar-refractivity contribution is -0.140. The predicted molar refractivity (Wildman–Crippen MR) is 188 cm³/mol. The normalized spacial score (nSPS) is 28.4. The molecule has 1 aliphatic carbocycles. The van der Waals surface area contributed by atoms with Gasteiger partial charge in [0.25, 0.3) is 10.0 Å². The Bertz CT molecular complexity index is 1640. The van der Waals surface area contributed by atoms with Crippen molar-refractivity contribution in [1.82, 2.24) is 9.62 Å². The molecule has 2 fully saturated rings. The molecule has 0 unspecified atom stereocenters. The second kappa shape index (κ2) is 15.8. The molecule has 266 valence electrons. The van der Waals surface area contributed by atoms with Crippen molar-refractivity contribution in [1.29, 1.82) is 0 Å². The standard InChI is InChI=1S/C37H48ClN3O7S/c1-25-6-5-8-34(46-2)31-13-10-27(31)23-41-15-4-3-7-26-20-29(38)11-9-28(26)24-48-35-14-12-30(21-33(35)41)49(44,45)39-37(43)32(25)22-36(42)40-16-18-47-19-17-40/h5,8-9,11-12,14,20-21,25,27,31-32,34H,3-4,6-7,10,13,15-19,22-24H2,1-2H3,(H,39,43)/b8-5+/t25-,27-,31+,32+,34+/m0/s1. The van der Waals surface area contributed by atoms with Gasteiger partial charge in [0.2, 0.25) is 11.8 Å². The maximum Gasteiger partial charge on any atom is 0.264 e. The highest BCUT2D eigenvalue weighted by Crippen LogP contribution is 2.42. The third kappa shape index (κ3) is 8.44. The molecule has 1 N–H and O–H groups in total. The topological polar surface area (TPSA) is 114 Å². The van der Waals surface area contributed by atoms with Crippen molar-refractivity contribution in [2.75, 3.05) is 51.4 Å². The molecule has 0 radical (unpaired) electrons. The third-order valence-electron chi connectivity index (χ3n) is 10.7. The molecule has 12 heteroatoms. The van der Waals surface area contributed by atoms with Crippen LogP contribution in [0.15, 0.2) is 53.4 Å². The quantitative estimate of drug-likeness (QED) is 0.423. The second-order valence-electron chi connectivity index (χ2n) is 13.9. The number of amides is 2. The minimum atomic E-state index is -4.28. The van der Waals surface area contributed by atoms with Gasteiger partial charge in [-0.05, 0) is 97.7 Å². The van der Waals surface area contributed by atoms with Gasteiger partial charge < -0.3 is 24.0 Å². The van der Waals surface area contributed by atoms with E-state index in [0.717, 1.165) is 49.8 Å². The summed E-state index contributed by atoms with van der Waals surface area (Å²) in [5.74, 6) is -0.798. The fourth-order valence-corrected chi connectivity index (χ4v) is 8.80. The second-order valence-corrected chi connectivity index (χ2v) is 16.0. The van der Waals surface area contributed by atoms with Crippen LogP contribution in [0.5, 0.6) is 5.75 Å². The Morgan fingerprint density at radius 3 is 2.63 bits per heavy atom. The highest BCUT2D eigenvalue weighted by Gasteiger charge is 2.38. The number of fused-ring (bicyclic) bond motifs is 3. The summed E-state index contributed by atoms with van der Waals surface area (Å²) < 4.78 is 48.0. The Balaban J connectivity index is 1.36. The predicted octanol–water partition coefficient (Wildman–Crippen LogP) is 5.37. The van der Waals surface area contributed by atoms with Gasteiger partial charge in [0.1, 0.15) is 12.4 Å². The van der Waals surface area contributed by atoms with Gasteiger partial charge in [-0.2, -0.15) is 0 Å². The maximum atomic E-state index is 13.9. The number of halogens is 1. The number of rotatable bonds is 3. The van der Waals surface area contributed by atoms with Crippen LogP contribution in [0, 0.1) is 23.7 Å². The Kier molecular flexibility index (Phi) is 11.5. The molecular weight excluding hydrogens is 666 g/mol. The number of benzene rings is 2. The molecule has 1 saturated heterocycles. The number of carbonyl (C=O) groups excluding carboxylic acids is 2. The molecule has 3 heterocycles. The van der Waals surface area contributed by atoms with Gasteiger partial charge in [-0.3, -0.25) is 9.59 Å². The van der Waals surface area contributed by atoms with Gasteiger partial charge in [0.05, 0.1) is 35.8 Å². The SMILES string of the molecule is CO[C@@H]1/C=C/C[C@H](C)[C@@H](CC(=O)N2CCOCC2)C(=O)NS(=O)(=O)c2ccc3c(c2)N(CCCCc2cc(Cl)ccc2CO3)C[C@@H]2CC[C@H]21. The molecule has 2 aromatic rings. The molecule has 5 atom stereocenters. The van der Waals surface area contributed by atoms with Gasteiger partial charge in [-0.1, -0.05) is 36.7 Å². The highest BCUT2D eigenvalue weighted by atomic mass is 35.5. The van der Waals surface area contributed by atoms with Gasteiger partial charge in [-0.15, -0.1) is 0 Å². The lowest BCUT2D eigenvalue weighted by Gasteiger charge is -2.43. The molecule has 1 saturated carbocycles. The molecule has 6 rings (SSSR count). The number of carbonyl (C=O) groups is 2.